The van der Waals surface area contributed by atoms with Gasteiger partial charge in [-0.2, -0.15) is 0 Å². The number of ether oxygens (including phenoxy) is 1. The summed E-state index contributed by atoms with van der Waals surface area (Å²) in [5, 5.41) is 3.10. The van der Waals surface area contributed by atoms with Crippen LogP contribution in [0.2, 0.25) is 0 Å². The van der Waals surface area contributed by atoms with E-state index in [1.807, 2.05) is 18.2 Å². The molecule has 1 saturated heterocycles. The van der Waals surface area contributed by atoms with Crippen molar-refractivity contribution in [2.45, 2.75) is 25.5 Å². The quantitative estimate of drug-likeness (QED) is 0.746. The van der Waals surface area contributed by atoms with Gasteiger partial charge in [0.2, 0.25) is 0 Å². The molecule has 0 aromatic carbocycles. The normalized spacial score (nSPS) is 20.1. The monoisotopic (exact) mass is 206 g/mol. The summed E-state index contributed by atoms with van der Waals surface area (Å²) in [6.07, 6.45) is 3.61. The highest BCUT2D eigenvalue weighted by Crippen LogP contribution is 2.07. The first kappa shape index (κ1) is 10.1. The van der Waals surface area contributed by atoms with Gasteiger partial charge in [-0.05, 0) is 31.5 Å². The number of hydrogen-bond acceptors (Lipinski definition) is 4. The number of nitrogens with one attached hydrogen (secondary N) is 1. The van der Waals surface area contributed by atoms with E-state index >= 15 is 0 Å². The number of nitrogens with zero attached hydrogens (tertiary/aromatic N) is 1. The molecule has 0 bridgehead atoms. The number of hydrogen-bond donors (Lipinski definition) is 1. The van der Waals surface area contributed by atoms with E-state index in [0.29, 0.717) is 0 Å². The second-order valence-electron chi connectivity index (χ2n) is 3.58. The smallest absolute Gasteiger partial charge is 0.323 e. The molecule has 0 aliphatic carbocycles. The van der Waals surface area contributed by atoms with Crippen molar-refractivity contribution in [1.82, 2.24) is 10.3 Å². The van der Waals surface area contributed by atoms with E-state index in [1.165, 1.54) is 0 Å². The fraction of sp³-hybridized carbons (Fsp3) is 0.455. The van der Waals surface area contributed by atoms with Crippen molar-refractivity contribution in [3.05, 3.63) is 30.1 Å². The minimum absolute atomic E-state index is 0.117. The minimum atomic E-state index is -0.168. The summed E-state index contributed by atoms with van der Waals surface area (Å²) in [5.41, 5.74) is 0.781. The number of esters is 1. The zero-order valence-electron chi connectivity index (χ0n) is 8.48. The van der Waals surface area contributed by atoms with E-state index in [9.17, 15) is 4.79 Å². The van der Waals surface area contributed by atoms with Crippen LogP contribution in [-0.4, -0.2) is 23.5 Å². The lowest BCUT2D eigenvalue weighted by Crippen LogP contribution is -2.32. The van der Waals surface area contributed by atoms with Crippen molar-refractivity contribution in [3.8, 4) is 0 Å². The third kappa shape index (κ3) is 2.76. The Morgan fingerprint density at radius 1 is 1.60 bits per heavy atom. The average molecular weight is 206 g/mol. The molecule has 15 heavy (non-hydrogen) atoms. The Hall–Kier alpha value is -1.42. The Labute approximate surface area is 88.7 Å². The van der Waals surface area contributed by atoms with Crippen LogP contribution in [0.4, 0.5) is 0 Å². The summed E-state index contributed by atoms with van der Waals surface area (Å²) < 4.78 is 5.15. The van der Waals surface area contributed by atoms with Gasteiger partial charge in [-0.15, -0.1) is 0 Å². The van der Waals surface area contributed by atoms with Crippen molar-refractivity contribution >= 4 is 5.97 Å². The second kappa shape index (κ2) is 4.89. The first-order valence-corrected chi connectivity index (χ1v) is 5.16. The largest absolute Gasteiger partial charge is 0.458 e. The molecule has 0 radical (unpaired) electrons. The highest BCUT2D eigenvalue weighted by molar-refractivity contribution is 5.76. The van der Waals surface area contributed by atoms with E-state index in [0.717, 1.165) is 25.1 Å². The average Bonchev–Trinajstić information content (AvgIpc) is 2.81. The van der Waals surface area contributed by atoms with Crippen molar-refractivity contribution in [2.75, 3.05) is 6.54 Å². The topological polar surface area (TPSA) is 51.2 Å². The summed E-state index contributed by atoms with van der Waals surface area (Å²) in [6, 6.07) is 5.44. The molecular formula is C11H14N2O2. The number of pyridine rings is 1. The van der Waals surface area contributed by atoms with Gasteiger partial charge in [0, 0.05) is 6.20 Å². The van der Waals surface area contributed by atoms with E-state index < -0.39 is 0 Å². The maximum Gasteiger partial charge on any atom is 0.323 e. The fourth-order valence-electron chi connectivity index (χ4n) is 1.61. The maximum absolute atomic E-state index is 11.5. The Bertz CT molecular complexity index is 321. The predicted octanol–water partition coefficient (Wildman–Crippen LogP) is 0.877. The molecule has 1 fully saturated rings. The second-order valence-corrected chi connectivity index (χ2v) is 3.58. The molecule has 0 unspecified atom stereocenters. The van der Waals surface area contributed by atoms with Gasteiger partial charge in [-0.1, -0.05) is 6.07 Å². The Balaban J connectivity index is 1.80. The van der Waals surface area contributed by atoms with Crippen LogP contribution in [0.3, 0.4) is 0 Å². The van der Waals surface area contributed by atoms with Gasteiger partial charge in [0.05, 0.1) is 5.69 Å². The third-order valence-electron chi connectivity index (χ3n) is 2.43. The summed E-state index contributed by atoms with van der Waals surface area (Å²) >= 11 is 0. The molecule has 1 atom stereocenters. The summed E-state index contributed by atoms with van der Waals surface area (Å²) in [5.74, 6) is -0.168. The predicted molar refractivity (Wildman–Crippen MR) is 55.1 cm³/mol. The number of rotatable bonds is 3. The van der Waals surface area contributed by atoms with Crippen LogP contribution in [0, 0.1) is 0 Å². The minimum Gasteiger partial charge on any atom is -0.458 e. The Kier molecular flexibility index (Phi) is 3.29. The van der Waals surface area contributed by atoms with Gasteiger partial charge >= 0.3 is 5.97 Å². The lowest BCUT2D eigenvalue weighted by Gasteiger charge is -2.09. The number of carbonyl (C=O) groups is 1. The van der Waals surface area contributed by atoms with E-state index in [4.69, 9.17) is 4.74 Å². The number of carbonyl (C=O) groups excluding carboxylic acids is 1. The maximum atomic E-state index is 11.5. The van der Waals surface area contributed by atoms with Gasteiger partial charge in [0.15, 0.2) is 0 Å². The summed E-state index contributed by atoms with van der Waals surface area (Å²) in [6.45, 7) is 1.17. The van der Waals surface area contributed by atoms with Gasteiger partial charge < -0.3 is 10.1 Å². The first-order chi connectivity index (χ1) is 7.36. The Morgan fingerprint density at radius 3 is 3.20 bits per heavy atom. The van der Waals surface area contributed by atoms with Crippen molar-refractivity contribution in [2.24, 2.45) is 0 Å². The van der Waals surface area contributed by atoms with Gasteiger partial charge in [-0.25, -0.2) is 0 Å². The molecule has 4 heteroatoms. The highest BCUT2D eigenvalue weighted by Gasteiger charge is 2.23. The molecular weight excluding hydrogens is 192 g/mol. The molecule has 4 nitrogen and oxygen atoms in total. The molecule has 80 valence electrons. The molecule has 0 spiro atoms. The molecule has 1 aromatic heterocycles. The first-order valence-electron chi connectivity index (χ1n) is 5.16. The lowest BCUT2D eigenvalue weighted by atomic mass is 10.2. The lowest BCUT2D eigenvalue weighted by molar-refractivity contribution is -0.147. The van der Waals surface area contributed by atoms with Crippen LogP contribution in [-0.2, 0) is 16.1 Å². The van der Waals surface area contributed by atoms with Crippen LogP contribution < -0.4 is 5.32 Å². The van der Waals surface area contributed by atoms with Crippen molar-refractivity contribution < 1.29 is 9.53 Å². The van der Waals surface area contributed by atoms with E-state index in [-0.39, 0.29) is 18.6 Å². The zero-order chi connectivity index (χ0) is 10.5. The van der Waals surface area contributed by atoms with Crippen molar-refractivity contribution in [3.63, 3.8) is 0 Å². The molecule has 1 aromatic rings. The van der Waals surface area contributed by atoms with Crippen LogP contribution in [0.5, 0.6) is 0 Å². The van der Waals surface area contributed by atoms with Crippen molar-refractivity contribution in [1.29, 1.82) is 0 Å². The molecule has 2 heterocycles. The Morgan fingerprint density at radius 2 is 2.53 bits per heavy atom. The van der Waals surface area contributed by atoms with Gasteiger partial charge in [-0.3, -0.25) is 9.78 Å². The fourth-order valence-corrected chi connectivity index (χ4v) is 1.61. The zero-order valence-corrected chi connectivity index (χ0v) is 8.48. The third-order valence-corrected chi connectivity index (χ3v) is 2.43. The summed E-state index contributed by atoms with van der Waals surface area (Å²) in [7, 11) is 0. The van der Waals surface area contributed by atoms with E-state index in [2.05, 4.69) is 10.3 Å². The number of aromatic nitrogens is 1. The van der Waals surface area contributed by atoms with Crippen LogP contribution in [0.25, 0.3) is 0 Å². The SMILES string of the molecule is O=C(OCc1ccccn1)[C@@H]1CCCN1. The van der Waals surface area contributed by atoms with Crippen LogP contribution in [0.15, 0.2) is 24.4 Å². The molecule has 0 amide bonds. The molecule has 1 aliphatic heterocycles. The molecule has 0 saturated carbocycles. The summed E-state index contributed by atoms with van der Waals surface area (Å²) in [4.78, 5) is 15.6. The molecule has 1 aliphatic rings. The van der Waals surface area contributed by atoms with Crippen LogP contribution in [0.1, 0.15) is 18.5 Å². The molecule has 1 N–H and O–H groups in total. The van der Waals surface area contributed by atoms with Gasteiger partial charge in [0.25, 0.3) is 0 Å². The van der Waals surface area contributed by atoms with E-state index in [1.54, 1.807) is 6.20 Å². The van der Waals surface area contributed by atoms with Crippen LogP contribution >= 0.6 is 0 Å². The standard InChI is InChI=1S/C11H14N2O2/c14-11(10-5-3-7-13-10)15-8-9-4-1-2-6-12-9/h1-2,4,6,10,13H,3,5,7-8H2/t10-/m0/s1. The van der Waals surface area contributed by atoms with Gasteiger partial charge in [0.1, 0.15) is 12.6 Å². The highest BCUT2D eigenvalue weighted by atomic mass is 16.5. The molecule has 2 rings (SSSR count).